The van der Waals surface area contributed by atoms with Crippen LogP contribution in [0.5, 0.6) is 0 Å². The zero-order valence-corrected chi connectivity index (χ0v) is 20.6. The van der Waals surface area contributed by atoms with E-state index in [9.17, 15) is 24.6 Å². The Morgan fingerprint density at radius 1 is 1.00 bits per heavy atom. The molecule has 0 aliphatic carbocycles. The van der Waals surface area contributed by atoms with Crippen LogP contribution >= 0.6 is 34.8 Å². The van der Waals surface area contributed by atoms with Crippen molar-refractivity contribution in [3.63, 3.8) is 0 Å². The Labute approximate surface area is 207 Å². The number of carbonyl (C=O) groups is 3. The fraction of sp³-hybridized carbons (Fsp3) is 0.667. The van der Waals surface area contributed by atoms with Crippen LogP contribution in [0.1, 0.15) is 39.5 Å². The van der Waals surface area contributed by atoms with Crippen LogP contribution in [0.2, 0.25) is 0 Å². The second-order valence-electron chi connectivity index (χ2n) is 8.02. The van der Waals surface area contributed by atoms with Crippen molar-refractivity contribution in [3.05, 3.63) is 23.3 Å². The van der Waals surface area contributed by atoms with E-state index >= 15 is 0 Å². The van der Waals surface area contributed by atoms with E-state index in [-0.39, 0.29) is 25.9 Å². The van der Waals surface area contributed by atoms with Gasteiger partial charge in [0.1, 0.15) is 18.8 Å². The van der Waals surface area contributed by atoms with E-state index in [1.165, 1.54) is 4.90 Å². The Hall–Kier alpha value is -1.52. The van der Waals surface area contributed by atoms with Crippen LogP contribution in [0.4, 0.5) is 4.79 Å². The molecule has 0 fully saturated rings. The molecule has 9 nitrogen and oxygen atoms in total. The molecule has 2 rings (SSSR count). The van der Waals surface area contributed by atoms with Gasteiger partial charge in [0.05, 0.1) is 12.2 Å². The second-order valence-corrected chi connectivity index (χ2v) is 10.5. The third-order valence-corrected chi connectivity index (χ3v) is 5.52. The Morgan fingerprint density at radius 3 is 1.76 bits per heavy atom. The van der Waals surface area contributed by atoms with Gasteiger partial charge in [-0.1, -0.05) is 34.8 Å². The van der Waals surface area contributed by atoms with Gasteiger partial charge >= 0.3 is 18.0 Å². The predicted octanol–water partition coefficient (Wildman–Crippen LogP) is 2.82. The summed E-state index contributed by atoms with van der Waals surface area (Å²) in [5.74, 6) is -0.931. The topological polar surface area (TPSA) is 123 Å². The van der Waals surface area contributed by atoms with Crippen molar-refractivity contribution >= 4 is 52.8 Å². The molecular formula is C21H28Cl3NO8. The first-order valence-corrected chi connectivity index (χ1v) is 11.6. The van der Waals surface area contributed by atoms with E-state index in [0.29, 0.717) is 24.0 Å². The van der Waals surface area contributed by atoms with Crippen molar-refractivity contribution in [1.29, 1.82) is 0 Å². The molecule has 2 aliphatic heterocycles. The minimum Gasteiger partial charge on any atom is -0.452 e. The van der Waals surface area contributed by atoms with E-state index < -0.39 is 52.8 Å². The summed E-state index contributed by atoms with van der Waals surface area (Å²) in [6, 6.07) is 0. The summed E-state index contributed by atoms with van der Waals surface area (Å²) in [5.41, 5.74) is 0.875. The summed E-state index contributed by atoms with van der Waals surface area (Å²) >= 11 is 16.9. The second kappa shape index (κ2) is 12.3. The first-order valence-electron chi connectivity index (χ1n) is 10.5. The van der Waals surface area contributed by atoms with E-state index in [0.717, 1.165) is 0 Å². The number of hydrogen-bond acceptors (Lipinski definition) is 8. The number of rotatable bonds is 11. The third-order valence-electron chi connectivity index (χ3n) is 5.19. The maximum Gasteiger partial charge on any atom is 0.409 e. The number of aliphatic hydroxyl groups is 2. The maximum atomic E-state index is 12.5. The molecule has 0 spiro atoms. The first-order chi connectivity index (χ1) is 15.4. The number of amides is 1. The van der Waals surface area contributed by atoms with E-state index in [4.69, 9.17) is 49.0 Å². The zero-order chi connectivity index (χ0) is 24.8. The Morgan fingerprint density at radius 2 is 1.42 bits per heavy atom. The quantitative estimate of drug-likeness (QED) is 0.238. The van der Waals surface area contributed by atoms with Gasteiger partial charge in [0.15, 0.2) is 0 Å². The van der Waals surface area contributed by atoms with E-state index in [1.54, 1.807) is 26.0 Å². The van der Waals surface area contributed by atoms with Gasteiger partial charge < -0.3 is 29.3 Å². The Kier molecular flexibility index (Phi) is 10.3. The monoisotopic (exact) mass is 527 g/mol. The van der Waals surface area contributed by atoms with Crippen LogP contribution in [0.3, 0.4) is 0 Å². The standard InChI is InChI=1S/C21H28Cl3NO8/c1-12-9-16(32-18(12)28)14(26)5-3-7-25(20(30)31-11-21(22,23)24)8-4-6-15(27)17-10-13(2)19(29)33-17/h9-10,14-17,26-27H,3-8,11H2,1-2H3. The minimum atomic E-state index is -1.76. The summed E-state index contributed by atoms with van der Waals surface area (Å²) in [6.45, 7) is 3.20. The average molecular weight is 529 g/mol. The van der Waals surface area contributed by atoms with Crippen LogP contribution < -0.4 is 0 Å². The van der Waals surface area contributed by atoms with E-state index in [1.807, 2.05) is 0 Å². The van der Waals surface area contributed by atoms with Crippen LogP contribution in [0, 0.1) is 0 Å². The highest BCUT2D eigenvalue weighted by atomic mass is 35.6. The zero-order valence-electron chi connectivity index (χ0n) is 18.3. The molecule has 0 radical (unpaired) electrons. The molecule has 0 saturated heterocycles. The van der Waals surface area contributed by atoms with Crippen molar-refractivity contribution in [1.82, 2.24) is 4.90 Å². The van der Waals surface area contributed by atoms with Crippen molar-refractivity contribution in [3.8, 4) is 0 Å². The smallest absolute Gasteiger partial charge is 0.409 e. The Balaban J connectivity index is 1.85. The number of cyclic esters (lactones) is 2. The largest absolute Gasteiger partial charge is 0.452 e. The summed E-state index contributed by atoms with van der Waals surface area (Å²) in [6.07, 6.45) is 0.439. The SMILES string of the molecule is CC1=CC(C(O)CCCN(CCCC(O)C2C=C(C)C(=O)O2)C(=O)OCC(Cl)(Cl)Cl)OC1=O. The molecule has 1 amide bonds. The molecule has 4 unspecified atom stereocenters. The fourth-order valence-corrected chi connectivity index (χ4v) is 3.51. The third kappa shape index (κ3) is 8.98. The van der Waals surface area contributed by atoms with Crippen molar-refractivity contribution in [2.45, 2.75) is 67.7 Å². The molecule has 0 aromatic carbocycles. The van der Waals surface area contributed by atoms with Crippen LogP contribution in [0.25, 0.3) is 0 Å². The molecule has 0 aromatic heterocycles. The van der Waals surface area contributed by atoms with Gasteiger partial charge in [-0.3, -0.25) is 0 Å². The molecule has 2 heterocycles. The number of carbonyl (C=O) groups excluding carboxylic acids is 3. The summed E-state index contributed by atoms with van der Waals surface area (Å²) in [4.78, 5) is 36.8. The van der Waals surface area contributed by atoms with Crippen LogP contribution in [0.15, 0.2) is 23.3 Å². The lowest BCUT2D eigenvalue weighted by atomic mass is 10.1. The number of halogens is 3. The molecule has 0 aromatic rings. The van der Waals surface area contributed by atoms with Gasteiger partial charge in [-0.25, -0.2) is 14.4 Å². The number of ether oxygens (including phenoxy) is 3. The van der Waals surface area contributed by atoms with Gasteiger partial charge in [0.25, 0.3) is 0 Å². The predicted molar refractivity (Wildman–Crippen MR) is 121 cm³/mol. The normalized spacial score (nSPS) is 22.3. The highest BCUT2D eigenvalue weighted by Crippen LogP contribution is 2.26. The first kappa shape index (κ1) is 27.7. The van der Waals surface area contributed by atoms with Crippen molar-refractivity contribution in [2.75, 3.05) is 19.7 Å². The highest BCUT2D eigenvalue weighted by molar-refractivity contribution is 6.67. The van der Waals surface area contributed by atoms with Crippen LogP contribution in [-0.4, -0.2) is 81.0 Å². The van der Waals surface area contributed by atoms with Gasteiger partial charge in [0.2, 0.25) is 3.79 Å². The minimum absolute atomic E-state index is 0.215. The molecule has 0 saturated carbocycles. The number of aliphatic hydroxyl groups excluding tert-OH is 2. The van der Waals surface area contributed by atoms with E-state index in [2.05, 4.69) is 0 Å². The molecule has 0 bridgehead atoms. The maximum absolute atomic E-state index is 12.5. The van der Waals surface area contributed by atoms with Gasteiger partial charge in [-0.2, -0.15) is 0 Å². The molecule has 186 valence electrons. The van der Waals surface area contributed by atoms with Crippen LogP contribution in [-0.2, 0) is 23.8 Å². The number of nitrogens with zero attached hydrogens (tertiary/aromatic N) is 1. The summed E-state index contributed by atoms with van der Waals surface area (Å²) in [7, 11) is 0. The fourth-order valence-electron chi connectivity index (χ4n) is 3.35. The molecular weight excluding hydrogens is 501 g/mol. The molecule has 12 heteroatoms. The molecule has 2 aliphatic rings. The van der Waals surface area contributed by atoms with Gasteiger partial charge in [-0.15, -0.1) is 0 Å². The van der Waals surface area contributed by atoms with Gasteiger partial charge in [-0.05, 0) is 51.7 Å². The number of alkyl halides is 3. The number of esters is 2. The number of hydrogen-bond donors (Lipinski definition) is 2. The summed E-state index contributed by atoms with van der Waals surface area (Å²) < 4.78 is 13.4. The van der Waals surface area contributed by atoms with Crippen molar-refractivity contribution in [2.24, 2.45) is 0 Å². The molecule has 33 heavy (non-hydrogen) atoms. The molecule has 4 atom stereocenters. The highest BCUT2D eigenvalue weighted by Gasteiger charge is 2.30. The lowest BCUT2D eigenvalue weighted by Gasteiger charge is -2.25. The average Bonchev–Trinajstić information content (AvgIpc) is 3.25. The Bertz CT molecular complexity index is 745. The lowest BCUT2D eigenvalue weighted by Crippen LogP contribution is -2.37. The van der Waals surface area contributed by atoms with Crippen molar-refractivity contribution < 1.29 is 38.8 Å². The molecule has 2 N–H and O–H groups in total. The summed E-state index contributed by atoms with van der Waals surface area (Å²) in [5, 5.41) is 20.5. The lowest BCUT2D eigenvalue weighted by molar-refractivity contribution is -0.144. The van der Waals surface area contributed by atoms with Gasteiger partial charge in [0, 0.05) is 24.2 Å².